The summed E-state index contributed by atoms with van der Waals surface area (Å²) in [6.45, 7) is 7.95. The number of hydrogen-bond acceptors (Lipinski definition) is 3. The molecule has 25 heavy (non-hydrogen) atoms. The molecule has 1 N–H and O–H groups in total. The molecular weight excluding hydrogens is 310 g/mol. The van der Waals surface area contributed by atoms with Crippen molar-refractivity contribution in [2.75, 3.05) is 20.2 Å². The lowest BCUT2D eigenvalue weighted by Gasteiger charge is -2.35. The summed E-state index contributed by atoms with van der Waals surface area (Å²) in [5.41, 5.74) is 3.54. The highest BCUT2D eigenvalue weighted by molar-refractivity contribution is 5.25. The van der Waals surface area contributed by atoms with E-state index in [1.54, 1.807) is 0 Å². The molecule has 0 aliphatic rings. The summed E-state index contributed by atoms with van der Waals surface area (Å²) in [5, 5.41) is 10.0. The van der Waals surface area contributed by atoms with Gasteiger partial charge in [-0.25, -0.2) is 0 Å². The second-order valence-electron chi connectivity index (χ2n) is 7.21. The van der Waals surface area contributed by atoms with E-state index in [9.17, 15) is 5.11 Å². The molecule has 0 aliphatic heterocycles. The number of aliphatic hydroxyl groups is 1. The first-order valence-corrected chi connectivity index (χ1v) is 9.04. The number of likely N-dealkylation sites (N-methyl/N-ethyl adjacent to an activating group) is 1. The summed E-state index contributed by atoms with van der Waals surface area (Å²) in [6.07, 6.45) is -0.272. The molecule has 0 amide bonds. The SMILES string of the molecule is Cc1ccc([C@@H]([C@H](CO)OCc2ccccc2)N(C)CC(C)C)cc1. The molecule has 2 rings (SSSR count). The van der Waals surface area contributed by atoms with Gasteiger partial charge in [0.05, 0.1) is 19.3 Å². The summed E-state index contributed by atoms with van der Waals surface area (Å²) in [4.78, 5) is 2.29. The molecule has 2 aromatic carbocycles. The van der Waals surface area contributed by atoms with Gasteiger partial charge in [0, 0.05) is 6.54 Å². The standard InChI is InChI=1S/C22H31NO2/c1-17(2)14-23(4)22(20-12-10-18(3)11-13-20)21(15-24)25-16-19-8-6-5-7-9-19/h5-13,17,21-22,24H,14-16H2,1-4H3/t21-,22-/m0/s1. The maximum absolute atomic E-state index is 10.0. The van der Waals surface area contributed by atoms with Crippen molar-refractivity contribution in [1.29, 1.82) is 0 Å². The highest BCUT2D eigenvalue weighted by Gasteiger charge is 2.27. The Morgan fingerprint density at radius 1 is 1.00 bits per heavy atom. The van der Waals surface area contributed by atoms with Gasteiger partial charge in [-0.3, -0.25) is 4.90 Å². The van der Waals surface area contributed by atoms with Crippen LogP contribution in [0, 0.1) is 12.8 Å². The summed E-state index contributed by atoms with van der Waals surface area (Å²) in [7, 11) is 2.11. The van der Waals surface area contributed by atoms with Gasteiger partial charge in [0.2, 0.25) is 0 Å². The molecule has 3 heteroatoms. The second kappa shape index (κ2) is 9.71. The van der Waals surface area contributed by atoms with Crippen LogP contribution in [0.2, 0.25) is 0 Å². The maximum Gasteiger partial charge on any atom is 0.101 e. The van der Waals surface area contributed by atoms with E-state index in [2.05, 4.69) is 57.0 Å². The van der Waals surface area contributed by atoms with Crippen LogP contribution in [0.3, 0.4) is 0 Å². The van der Waals surface area contributed by atoms with Crippen molar-refractivity contribution in [1.82, 2.24) is 4.90 Å². The molecule has 0 fully saturated rings. The predicted molar refractivity (Wildman–Crippen MR) is 103 cm³/mol. The van der Waals surface area contributed by atoms with E-state index in [4.69, 9.17) is 4.74 Å². The molecule has 0 saturated carbocycles. The van der Waals surface area contributed by atoms with Crippen LogP contribution in [0.25, 0.3) is 0 Å². The van der Waals surface area contributed by atoms with Gasteiger partial charge in [-0.2, -0.15) is 0 Å². The molecule has 0 bridgehead atoms. The zero-order valence-electron chi connectivity index (χ0n) is 15.9. The van der Waals surface area contributed by atoms with Crippen molar-refractivity contribution in [3.63, 3.8) is 0 Å². The minimum absolute atomic E-state index is 0.00614. The summed E-state index contributed by atoms with van der Waals surface area (Å²) in [5.74, 6) is 0.548. The Labute approximate surface area is 152 Å². The number of aliphatic hydroxyl groups excluding tert-OH is 1. The minimum atomic E-state index is -0.272. The monoisotopic (exact) mass is 341 g/mol. The van der Waals surface area contributed by atoms with Gasteiger partial charge in [0.1, 0.15) is 6.10 Å². The van der Waals surface area contributed by atoms with Crippen LogP contribution in [-0.4, -0.2) is 36.3 Å². The van der Waals surface area contributed by atoms with Crippen molar-refractivity contribution in [2.24, 2.45) is 5.92 Å². The number of hydrogen-bond donors (Lipinski definition) is 1. The Bertz CT molecular complexity index is 610. The van der Waals surface area contributed by atoms with Crippen LogP contribution in [0.4, 0.5) is 0 Å². The van der Waals surface area contributed by atoms with Crippen LogP contribution >= 0.6 is 0 Å². The first-order valence-electron chi connectivity index (χ1n) is 9.04. The van der Waals surface area contributed by atoms with Gasteiger partial charge in [0.25, 0.3) is 0 Å². The van der Waals surface area contributed by atoms with Crippen LogP contribution in [-0.2, 0) is 11.3 Å². The van der Waals surface area contributed by atoms with Gasteiger partial charge in [0.15, 0.2) is 0 Å². The fourth-order valence-electron chi connectivity index (χ4n) is 3.23. The van der Waals surface area contributed by atoms with E-state index in [1.165, 1.54) is 11.1 Å². The Balaban J connectivity index is 2.19. The van der Waals surface area contributed by atoms with Gasteiger partial charge in [-0.15, -0.1) is 0 Å². The fraction of sp³-hybridized carbons (Fsp3) is 0.455. The molecule has 3 nitrogen and oxygen atoms in total. The lowest BCUT2D eigenvalue weighted by Crippen LogP contribution is -2.39. The van der Waals surface area contributed by atoms with Crippen LogP contribution < -0.4 is 0 Å². The number of rotatable bonds is 9. The van der Waals surface area contributed by atoms with E-state index in [-0.39, 0.29) is 18.8 Å². The molecule has 136 valence electrons. The van der Waals surface area contributed by atoms with E-state index in [1.807, 2.05) is 30.3 Å². The number of benzene rings is 2. The summed E-state index contributed by atoms with van der Waals surface area (Å²) < 4.78 is 6.14. The molecule has 0 radical (unpaired) electrons. The smallest absolute Gasteiger partial charge is 0.101 e. The summed E-state index contributed by atoms with van der Waals surface area (Å²) >= 11 is 0. The molecule has 0 heterocycles. The average molecular weight is 341 g/mol. The number of aryl methyl sites for hydroxylation is 1. The van der Waals surface area contributed by atoms with Crippen LogP contribution in [0.1, 0.15) is 36.6 Å². The topological polar surface area (TPSA) is 32.7 Å². The van der Waals surface area contributed by atoms with E-state index >= 15 is 0 Å². The molecule has 0 saturated heterocycles. The second-order valence-corrected chi connectivity index (χ2v) is 7.21. The Hall–Kier alpha value is -1.68. The Morgan fingerprint density at radius 2 is 1.64 bits per heavy atom. The zero-order valence-corrected chi connectivity index (χ0v) is 15.9. The van der Waals surface area contributed by atoms with E-state index in [0.717, 1.165) is 12.1 Å². The van der Waals surface area contributed by atoms with Crippen LogP contribution in [0.15, 0.2) is 54.6 Å². The van der Waals surface area contributed by atoms with Crippen molar-refractivity contribution >= 4 is 0 Å². The highest BCUT2D eigenvalue weighted by atomic mass is 16.5. The molecule has 0 unspecified atom stereocenters. The minimum Gasteiger partial charge on any atom is -0.394 e. The third-order valence-electron chi connectivity index (χ3n) is 4.39. The first-order chi connectivity index (χ1) is 12.0. The van der Waals surface area contributed by atoms with E-state index in [0.29, 0.717) is 12.5 Å². The average Bonchev–Trinajstić information content (AvgIpc) is 2.60. The van der Waals surface area contributed by atoms with Crippen molar-refractivity contribution in [2.45, 2.75) is 39.5 Å². The van der Waals surface area contributed by atoms with Gasteiger partial charge >= 0.3 is 0 Å². The Morgan fingerprint density at radius 3 is 2.20 bits per heavy atom. The van der Waals surface area contributed by atoms with Crippen molar-refractivity contribution in [3.05, 3.63) is 71.3 Å². The number of ether oxygens (including phenoxy) is 1. The van der Waals surface area contributed by atoms with Gasteiger partial charge in [-0.05, 0) is 31.0 Å². The highest BCUT2D eigenvalue weighted by Crippen LogP contribution is 2.27. The van der Waals surface area contributed by atoms with E-state index < -0.39 is 0 Å². The summed E-state index contributed by atoms with van der Waals surface area (Å²) in [6, 6.07) is 18.7. The third-order valence-corrected chi connectivity index (χ3v) is 4.39. The molecule has 2 aromatic rings. The van der Waals surface area contributed by atoms with Gasteiger partial charge in [-0.1, -0.05) is 74.0 Å². The third kappa shape index (κ3) is 5.96. The molecule has 0 aliphatic carbocycles. The molecule has 2 atom stereocenters. The zero-order chi connectivity index (χ0) is 18.2. The number of nitrogens with zero attached hydrogens (tertiary/aromatic N) is 1. The predicted octanol–water partition coefficient (Wildman–Crippen LogP) is 4.20. The van der Waals surface area contributed by atoms with Crippen molar-refractivity contribution < 1.29 is 9.84 Å². The lowest BCUT2D eigenvalue weighted by molar-refractivity contribution is -0.0497. The fourth-order valence-corrected chi connectivity index (χ4v) is 3.23. The van der Waals surface area contributed by atoms with Crippen molar-refractivity contribution in [3.8, 4) is 0 Å². The van der Waals surface area contributed by atoms with Gasteiger partial charge < -0.3 is 9.84 Å². The van der Waals surface area contributed by atoms with Crippen LogP contribution in [0.5, 0.6) is 0 Å². The normalized spacial score (nSPS) is 14.0. The first kappa shape index (κ1) is 19.6. The quantitative estimate of drug-likeness (QED) is 0.742. The largest absolute Gasteiger partial charge is 0.394 e. The Kier molecular flexibility index (Phi) is 7.63. The maximum atomic E-state index is 10.0. The lowest BCUT2D eigenvalue weighted by atomic mass is 9.98. The molecule has 0 aromatic heterocycles. The molecular formula is C22H31NO2. The molecule has 0 spiro atoms.